The minimum absolute atomic E-state index is 0.486. The predicted molar refractivity (Wildman–Crippen MR) is 66.3 cm³/mol. The third-order valence-corrected chi connectivity index (χ3v) is 2.83. The van der Waals surface area contributed by atoms with Gasteiger partial charge in [-0.05, 0) is 18.6 Å². The summed E-state index contributed by atoms with van der Waals surface area (Å²) in [6.07, 6.45) is 0. The van der Waals surface area contributed by atoms with E-state index in [0.29, 0.717) is 30.4 Å². The fourth-order valence-corrected chi connectivity index (χ4v) is 1.89. The fraction of sp³-hybridized carbons (Fsp3) is 0.385. The lowest BCUT2D eigenvalue weighted by atomic mass is 10.1. The molecular weight excluding hydrogens is 234 g/mol. The maximum absolute atomic E-state index is 11.7. The predicted octanol–water partition coefficient (Wildman–Crippen LogP) is 1.32. The average molecular weight is 249 g/mol. The summed E-state index contributed by atoms with van der Waals surface area (Å²) in [5.41, 5.74) is 1.51. The number of nitrogens with zero attached hydrogens (tertiary/aromatic N) is 1. The summed E-state index contributed by atoms with van der Waals surface area (Å²) >= 11 is 0. The van der Waals surface area contributed by atoms with E-state index in [4.69, 9.17) is 9.47 Å². The van der Waals surface area contributed by atoms with Gasteiger partial charge in [-0.1, -0.05) is 0 Å². The number of hydrogen-bond acceptors (Lipinski definition) is 4. The van der Waals surface area contributed by atoms with Gasteiger partial charge in [0.2, 0.25) is 5.78 Å². The molecule has 0 N–H and O–H groups in total. The Morgan fingerprint density at radius 2 is 1.72 bits per heavy atom. The van der Waals surface area contributed by atoms with Crippen molar-refractivity contribution < 1.29 is 19.1 Å². The minimum Gasteiger partial charge on any atom is -0.486 e. The van der Waals surface area contributed by atoms with Gasteiger partial charge in [0.1, 0.15) is 13.2 Å². The first kappa shape index (κ1) is 12.4. The molecule has 0 atom stereocenters. The number of aryl methyl sites for hydroxylation is 1. The summed E-state index contributed by atoms with van der Waals surface area (Å²) < 4.78 is 10.9. The molecule has 0 aromatic heterocycles. The SMILES string of the molecule is CC(=O)C(=O)N(C)c1cc2c(cc1C)OCCO2. The Balaban J connectivity index is 2.39. The molecule has 1 aromatic carbocycles. The number of Topliss-reactive ketones (excluding diaryl/α,β-unsaturated/α-hetero) is 1. The number of rotatable bonds is 2. The molecule has 0 aliphatic carbocycles. The van der Waals surface area contributed by atoms with Gasteiger partial charge in [0, 0.05) is 20.0 Å². The highest BCUT2D eigenvalue weighted by Crippen LogP contribution is 2.36. The zero-order chi connectivity index (χ0) is 13.3. The van der Waals surface area contributed by atoms with Crippen molar-refractivity contribution in [2.75, 3.05) is 25.2 Å². The number of hydrogen-bond donors (Lipinski definition) is 0. The number of carbonyl (C=O) groups is 2. The van der Waals surface area contributed by atoms with Crippen LogP contribution in [-0.4, -0.2) is 32.0 Å². The highest BCUT2D eigenvalue weighted by atomic mass is 16.6. The van der Waals surface area contributed by atoms with Crippen LogP contribution in [0.3, 0.4) is 0 Å². The second-order valence-electron chi connectivity index (χ2n) is 4.20. The number of carbonyl (C=O) groups excluding carboxylic acids is 2. The molecule has 18 heavy (non-hydrogen) atoms. The van der Waals surface area contributed by atoms with Crippen LogP contribution in [0.15, 0.2) is 12.1 Å². The third kappa shape index (κ3) is 2.16. The van der Waals surface area contributed by atoms with Crippen molar-refractivity contribution in [1.29, 1.82) is 0 Å². The molecule has 96 valence electrons. The molecule has 0 saturated heterocycles. The number of likely N-dealkylation sites (N-methyl/N-ethyl adjacent to an activating group) is 1. The summed E-state index contributed by atoms with van der Waals surface area (Å²) in [4.78, 5) is 24.1. The first-order valence-electron chi connectivity index (χ1n) is 5.69. The lowest BCUT2D eigenvalue weighted by Gasteiger charge is -2.23. The van der Waals surface area contributed by atoms with Crippen LogP contribution in [0.5, 0.6) is 11.5 Å². The first-order chi connectivity index (χ1) is 8.50. The van der Waals surface area contributed by atoms with E-state index < -0.39 is 11.7 Å². The maximum Gasteiger partial charge on any atom is 0.293 e. The Kier molecular flexibility index (Phi) is 3.23. The van der Waals surface area contributed by atoms with E-state index in [-0.39, 0.29) is 0 Å². The zero-order valence-electron chi connectivity index (χ0n) is 10.6. The van der Waals surface area contributed by atoms with Crippen LogP contribution in [0, 0.1) is 6.92 Å². The van der Waals surface area contributed by atoms with Crippen LogP contribution in [0.4, 0.5) is 5.69 Å². The van der Waals surface area contributed by atoms with Gasteiger partial charge in [-0.25, -0.2) is 0 Å². The number of amides is 1. The van der Waals surface area contributed by atoms with E-state index in [0.717, 1.165) is 5.56 Å². The number of benzene rings is 1. The average Bonchev–Trinajstić information content (AvgIpc) is 2.36. The van der Waals surface area contributed by atoms with Crippen LogP contribution in [0.2, 0.25) is 0 Å². The lowest BCUT2D eigenvalue weighted by Crippen LogP contribution is -2.32. The molecule has 0 saturated carbocycles. The molecule has 5 nitrogen and oxygen atoms in total. The van der Waals surface area contributed by atoms with Crippen LogP contribution in [0.1, 0.15) is 12.5 Å². The Morgan fingerprint density at radius 1 is 1.17 bits per heavy atom. The Bertz CT molecular complexity index is 510. The molecule has 1 aromatic rings. The van der Waals surface area contributed by atoms with Gasteiger partial charge in [0.15, 0.2) is 11.5 Å². The molecule has 0 unspecified atom stereocenters. The van der Waals surface area contributed by atoms with Crippen molar-refractivity contribution in [3.05, 3.63) is 17.7 Å². The third-order valence-electron chi connectivity index (χ3n) is 2.83. The van der Waals surface area contributed by atoms with Crippen molar-refractivity contribution in [3.63, 3.8) is 0 Å². The first-order valence-corrected chi connectivity index (χ1v) is 5.69. The molecule has 0 fully saturated rings. The van der Waals surface area contributed by atoms with Gasteiger partial charge in [-0.3, -0.25) is 9.59 Å². The quantitative estimate of drug-likeness (QED) is 0.742. The van der Waals surface area contributed by atoms with E-state index in [2.05, 4.69) is 0 Å². The van der Waals surface area contributed by atoms with Crippen LogP contribution in [0.25, 0.3) is 0 Å². The van der Waals surface area contributed by atoms with Gasteiger partial charge >= 0.3 is 0 Å². The van der Waals surface area contributed by atoms with Crippen LogP contribution < -0.4 is 14.4 Å². The smallest absolute Gasteiger partial charge is 0.293 e. The van der Waals surface area contributed by atoms with Gasteiger partial charge in [0.25, 0.3) is 5.91 Å². The van der Waals surface area contributed by atoms with Crippen molar-refractivity contribution in [3.8, 4) is 11.5 Å². The molecule has 0 radical (unpaired) electrons. The second kappa shape index (κ2) is 4.68. The summed E-state index contributed by atoms with van der Waals surface area (Å²) in [7, 11) is 1.57. The van der Waals surface area contributed by atoms with Gasteiger partial charge in [0.05, 0.1) is 5.69 Å². The number of fused-ring (bicyclic) bond motifs is 1. The van der Waals surface area contributed by atoms with Crippen molar-refractivity contribution in [2.45, 2.75) is 13.8 Å². The fourth-order valence-electron chi connectivity index (χ4n) is 1.89. The standard InChI is InChI=1S/C13H15NO4/c1-8-6-11-12(18-5-4-17-11)7-10(8)14(3)13(16)9(2)15/h6-7H,4-5H2,1-3H3. The molecular formula is C13H15NO4. The molecule has 1 aliphatic heterocycles. The molecule has 1 aliphatic rings. The van der Waals surface area contributed by atoms with Gasteiger partial charge < -0.3 is 14.4 Å². The number of ketones is 1. The summed E-state index contributed by atoms with van der Waals surface area (Å²) in [5, 5.41) is 0. The largest absolute Gasteiger partial charge is 0.486 e. The summed E-state index contributed by atoms with van der Waals surface area (Å²) in [5.74, 6) is 0.234. The van der Waals surface area contributed by atoms with E-state index in [1.54, 1.807) is 13.1 Å². The minimum atomic E-state index is -0.547. The van der Waals surface area contributed by atoms with E-state index in [1.165, 1.54) is 11.8 Å². The summed E-state index contributed by atoms with van der Waals surface area (Å²) in [6.45, 7) is 4.12. The van der Waals surface area contributed by atoms with E-state index >= 15 is 0 Å². The van der Waals surface area contributed by atoms with E-state index in [1.807, 2.05) is 13.0 Å². The molecule has 0 bridgehead atoms. The molecule has 2 rings (SSSR count). The maximum atomic E-state index is 11.7. The van der Waals surface area contributed by atoms with Crippen LogP contribution >= 0.6 is 0 Å². The van der Waals surface area contributed by atoms with Crippen molar-refractivity contribution in [2.24, 2.45) is 0 Å². The van der Waals surface area contributed by atoms with Crippen molar-refractivity contribution in [1.82, 2.24) is 0 Å². The van der Waals surface area contributed by atoms with Crippen molar-refractivity contribution >= 4 is 17.4 Å². The summed E-state index contributed by atoms with van der Waals surface area (Å²) in [6, 6.07) is 3.54. The topological polar surface area (TPSA) is 55.8 Å². The molecule has 0 spiro atoms. The normalized spacial score (nSPS) is 13.1. The molecule has 1 heterocycles. The highest BCUT2D eigenvalue weighted by molar-refractivity contribution is 6.40. The number of anilines is 1. The Hall–Kier alpha value is -2.04. The van der Waals surface area contributed by atoms with Crippen LogP contribution in [-0.2, 0) is 9.59 Å². The highest BCUT2D eigenvalue weighted by Gasteiger charge is 2.21. The Labute approximate surface area is 105 Å². The van der Waals surface area contributed by atoms with Gasteiger partial charge in [-0.2, -0.15) is 0 Å². The van der Waals surface area contributed by atoms with Gasteiger partial charge in [-0.15, -0.1) is 0 Å². The second-order valence-corrected chi connectivity index (χ2v) is 4.20. The zero-order valence-corrected chi connectivity index (χ0v) is 10.6. The number of ether oxygens (including phenoxy) is 2. The molecule has 5 heteroatoms. The monoisotopic (exact) mass is 249 g/mol. The lowest BCUT2D eigenvalue weighted by molar-refractivity contribution is -0.134. The van der Waals surface area contributed by atoms with E-state index in [9.17, 15) is 9.59 Å². The Morgan fingerprint density at radius 3 is 2.28 bits per heavy atom. The molecule has 1 amide bonds.